The molecule has 0 atom stereocenters. The molecule has 0 bridgehead atoms. The van der Waals surface area contributed by atoms with E-state index in [4.69, 9.17) is 9.84 Å². The van der Waals surface area contributed by atoms with Crippen molar-refractivity contribution >= 4 is 22.9 Å². The molecule has 244 valence electrons. The molecule has 0 spiro atoms. The van der Waals surface area contributed by atoms with Gasteiger partial charge in [0.25, 0.3) is 11.4 Å². The molecule has 0 amide bonds. The number of nitro benzene ring substituents is 2. The highest BCUT2D eigenvalue weighted by Crippen LogP contribution is 2.07. The molecule has 12 nitrogen and oxygen atoms in total. The summed E-state index contributed by atoms with van der Waals surface area (Å²) in [7, 11) is 0. The van der Waals surface area contributed by atoms with Crippen molar-refractivity contribution in [1.82, 2.24) is 12.3 Å². The molecule has 2 rings (SSSR count). The van der Waals surface area contributed by atoms with Crippen LogP contribution < -0.4 is 12.3 Å². The number of hydrogen-bond donors (Lipinski definition) is 3. The Bertz CT molecular complexity index is 705. The maximum Gasteiger partial charge on any atom is 0.269 e. The summed E-state index contributed by atoms with van der Waals surface area (Å²) in [5.41, 5.74) is 0.273. The molecule has 0 aliphatic carbocycles. The molecule has 0 saturated carbocycles. The molecule has 12 heteroatoms. The van der Waals surface area contributed by atoms with Crippen LogP contribution in [-0.4, -0.2) is 46.3 Å². The fourth-order valence-electron chi connectivity index (χ4n) is 1.30. The molecular weight excluding hydrogens is 532 g/mol. The average Bonchev–Trinajstić information content (AvgIpc) is 2.82. The van der Waals surface area contributed by atoms with Gasteiger partial charge in [-0.25, -0.2) is 0 Å². The van der Waals surface area contributed by atoms with Gasteiger partial charge in [0.15, 0.2) is 0 Å². The SMILES string of the molecule is C.C.CC(C)=O.CC(C)=O.CCC.CCO.CCOCC.N.N.O=[N+]([O-])c1ccccc1.O=[N+]([O-])c1ccccc1. The van der Waals surface area contributed by atoms with E-state index in [1.807, 2.05) is 13.8 Å². The summed E-state index contributed by atoms with van der Waals surface area (Å²) in [4.78, 5) is 38.1. The molecule has 2 aromatic carbocycles. The molecule has 7 N–H and O–H groups in total. The number of ketones is 2. The third-order valence-corrected chi connectivity index (χ3v) is 2.34. The van der Waals surface area contributed by atoms with E-state index in [1.165, 1.54) is 58.4 Å². The maximum absolute atomic E-state index is 10.0. The first kappa shape index (κ1) is 61.5. The normalized spacial score (nSPS) is 7.07. The standard InChI is InChI=1S/2C6H5NO2.C4H10O.2C3H6O.C3H8.C2H6O.2CH4.2H3N/c2*8-7(9)6-4-2-1-3-5-6;1-3-5-4-2;2*1-3(2)4;1-3-2;1-2-3;;;;/h2*1-5H;3-4H2,1-2H3;2*1-2H3;3H2,1-2H3;3H,2H2,1H3;2*1H4;2*1H3. The van der Waals surface area contributed by atoms with Crippen molar-refractivity contribution in [3.63, 3.8) is 0 Å². The van der Waals surface area contributed by atoms with Crippen LogP contribution in [0.3, 0.4) is 0 Å². The van der Waals surface area contributed by atoms with Crippen molar-refractivity contribution in [2.45, 2.75) is 83.6 Å². The molecule has 0 unspecified atom stereocenters. The van der Waals surface area contributed by atoms with E-state index in [2.05, 4.69) is 13.8 Å². The number of nitro groups is 2. The highest BCUT2D eigenvalue weighted by atomic mass is 16.6. The van der Waals surface area contributed by atoms with E-state index in [0.29, 0.717) is 0 Å². The van der Waals surface area contributed by atoms with E-state index < -0.39 is 9.85 Å². The van der Waals surface area contributed by atoms with Crippen molar-refractivity contribution < 1.29 is 29.3 Å². The van der Waals surface area contributed by atoms with E-state index in [9.17, 15) is 29.8 Å². The summed E-state index contributed by atoms with van der Waals surface area (Å²) >= 11 is 0. The third kappa shape index (κ3) is 85.8. The van der Waals surface area contributed by atoms with Crippen molar-refractivity contribution in [2.24, 2.45) is 0 Å². The molecule has 0 radical (unpaired) electrons. The van der Waals surface area contributed by atoms with Crippen LogP contribution in [0.15, 0.2) is 60.7 Å². The Labute approximate surface area is 249 Å². The van der Waals surface area contributed by atoms with Gasteiger partial charge in [-0.3, -0.25) is 20.2 Å². The highest BCUT2D eigenvalue weighted by Gasteiger charge is 1.99. The Morgan fingerprint density at radius 1 is 0.659 bits per heavy atom. The quantitative estimate of drug-likeness (QED) is 0.227. The van der Waals surface area contributed by atoms with Gasteiger partial charge in [-0.1, -0.05) is 71.5 Å². The Morgan fingerprint density at radius 3 is 0.902 bits per heavy atom. The van der Waals surface area contributed by atoms with Gasteiger partial charge in [-0.2, -0.15) is 0 Å². The summed E-state index contributed by atoms with van der Waals surface area (Å²) in [6, 6.07) is 15.9. The number of non-ortho nitro benzene ring substituents is 2. The van der Waals surface area contributed by atoms with Crippen LogP contribution in [0.4, 0.5) is 11.4 Å². The number of para-hydroxylation sites is 2. The van der Waals surface area contributed by atoms with Gasteiger partial charge in [0, 0.05) is 44.1 Å². The lowest BCUT2D eigenvalue weighted by atomic mass is 10.3. The van der Waals surface area contributed by atoms with Gasteiger partial charge in [0.1, 0.15) is 11.6 Å². The minimum absolute atomic E-state index is 0. The van der Waals surface area contributed by atoms with E-state index in [1.54, 1.807) is 43.3 Å². The van der Waals surface area contributed by atoms with Gasteiger partial charge >= 0.3 is 0 Å². The van der Waals surface area contributed by atoms with Gasteiger partial charge in [0.05, 0.1) is 9.85 Å². The molecule has 0 aromatic heterocycles. The van der Waals surface area contributed by atoms with Crippen molar-refractivity contribution in [3.8, 4) is 0 Å². The fraction of sp³-hybridized carbons (Fsp3) is 0.517. The number of nitrogens with zero attached hydrogens (tertiary/aromatic N) is 2. The summed E-state index contributed by atoms with van der Waals surface area (Å²) in [5, 5.41) is 27.6. The van der Waals surface area contributed by atoms with Gasteiger partial charge in [-0.15, -0.1) is 0 Å². The van der Waals surface area contributed by atoms with E-state index in [-0.39, 0.29) is 56.7 Å². The van der Waals surface area contributed by atoms with Crippen LogP contribution >= 0.6 is 0 Å². The number of carbonyl (C=O) groups excluding carboxylic acids is 2. The van der Waals surface area contributed by atoms with Gasteiger partial charge in [0.2, 0.25) is 0 Å². The number of aliphatic hydroxyl groups is 1. The first-order chi connectivity index (χ1) is 17.3. The zero-order valence-electron chi connectivity index (χ0n) is 25.2. The summed E-state index contributed by atoms with van der Waals surface area (Å²) in [6.45, 7) is 18.0. The lowest BCUT2D eigenvalue weighted by Crippen LogP contribution is -1.84. The Kier molecular flexibility index (Phi) is 79.1. The van der Waals surface area contributed by atoms with Crippen molar-refractivity contribution in [2.75, 3.05) is 19.8 Å². The molecule has 0 aliphatic rings. The zero-order chi connectivity index (χ0) is 30.1. The van der Waals surface area contributed by atoms with Gasteiger partial charge in [-0.05, 0) is 48.5 Å². The Balaban J connectivity index is -0.0000000430. The number of benzene rings is 2. The number of ether oxygens (including phenoxy) is 1. The topological polar surface area (TPSA) is 220 Å². The number of hydrogen-bond acceptors (Lipinski definition) is 10. The minimum Gasteiger partial charge on any atom is -0.397 e. The van der Waals surface area contributed by atoms with E-state index in [0.717, 1.165) is 13.2 Å². The predicted octanol–water partition coefficient (Wildman–Crippen LogP) is 8.43. The monoisotopic (exact) mass is 592 g/mol. The number of carbonyl (C=O) groups is 2. The van der Waals surface area contributed by atoms with Crippen LogP contribution in [0.1, 0.15) is 83.6 Å². The molecule has 0 saturated heterocycles. The number of Topliss-reactive ketones (excluding diaryl/α,β-unsaturated/α-hetero) is 2. The second-order valence-corrected chi connectivity index (χ2v) is 6.81. The van der Waals surface area contributed by atoms with Crippen LogP contribution in [-0.2, 0) is 14.3 Å². The van der Waals surface area contributed by atoms with Crippen LogP contribution in [0, 0.1) is 20.2 Å². The minimum atomic E-state index is -0.417. The maximum atomic E-state index is 10.0. The van der Waals surface area contributed by atoms with Crippen LogP contribution in [0.25, 0.3) is 0 Å². The Hall–Kier alpha value is -3.58. The second kappa shape index (κ2) is 52.8. The third-order valence-electron chi connectivity index (χ3n) is 2.34. The molecule has 0 heterocycles. The first-order valence-corrected chi connectivity index (χ1v) is 11.8. The summed E-state index contributed by atoms with van der Waals surface area (Å²) in [6.07, 6.45) is 1.25. The fourth-order valence-corrected chi connectivity index (χ4v) is 1.30. The lowest BCUT2D eigenvalue weighted by Gasteiger charge is -1.86. The number of rotatable bonds is 4. The zero-order valence-corrected chi connectivity index (χ0v) is 25.2. The average molecular weight is 593 g/mol. The summed E-state index contributed by atoms with van der Waals surface area (Å²) < 4.78 is 4.83. The second-order valence-electron chi connectivity index (χ2n) is 6.81. The molecule has 2 aromatic rings. The molecular formula is C29H60N4O8. The number of aliphatic hydroxyl groups excluding tert-OH is 1. The molecule has 0 fully saturated rings. The molecule has 0 aliphatic heterocycles. The first-order valence-electron chi connectivity index (χ1n) is 11.8. The van der Waals surface area contributed by atoms with Crippen molar-refractivity contribution in [1.29, 1.82) is 0 Å². The smallest absolute Gasteiger partial charge is 0.269 e. The lowest BCUT2D eigenvalue weighted by molar-refractivity contribution is -0.385. The molecule has 41 heavy (non-hydrogen) atoms. The van der Waals surface area contributed by atoms with Crippen molar-refractivity contribution in [3.05, 3.63) is 80.9 Å². The summed E-state index contributed by atoms with van der Waals surface area (Å²) in [5.74, 6) is 0.333. The van der Waals surface area contributed by atoms with Crippen LogP contribution in [0.5, 0.6) is 0 Å². The Morgan fingerprint density at radius 2 is 0.829 bits per heavy atom. The van der Waals surface area contributed by atoms with E-state index >= 15 is 0 Å². The largest absolute Gasteiger partial charge is 0.397 e. The highest BCUT2D eigenvalue weighted by molar-refractivity contribution is 5.72. The van der Waals surface area contributed by atoms with Crippen LogP contribution in [0.2, 0.25) is 0 Å². The van der Waals surface area contributed by atoms with Gasteiger partial charge < -0.3 is 31.7 Å². The predicted molar refractivity (Wildman–Crippen MR) is 173 cm³/mol.